The van der Waals surface area contributed by atoms with E-state index in [2.05, 4.69) is 9.69 Å². The van der Waals surface area contributed by atoms with Gasteiger partial charge in [-0.15, -0.1) is 0 Å². The largest absolute Gasteiger partial charge is 0.322 e. The van der Waals surface area contributed by atoms with Crippen LogP contribution in [0.4, 0.5) is 0 Å². The SMILES string of the molecule is Cc1cc(-c2ccc3c(c2)CN(C2CCC(=O)NC2=O)C3=O)sn1. The molecule has 122 valence electrons. The van der Waals surface area contributed by atoms with Gasteiger partial charge in [-0.3, -0.25) is 19.7 Å². The van der Waals surface area contributed by atoms with E-state index < -0.39 is 6.04 Å². The molecule has 0 bridgehead atoms. The Morgan fingerprint density at radius 2 is 2.08 bits per heavy atom. The van der Waals surface area contributed by atoms with Crippen molar-refractivity contribution in [3.05, 3.63) is 41.1 Å². The number of carbonyl (C=O) groups excluding carboxylic acids is 3. The molecule has 24 heavy (non-hydrogen) atoms. The zero-order valence-corrected chi connectivity index (χ0v) is 13.9. The van der Waals surface area contributed by atoms with Crippen LogP contribution in [0.5, 0.6) is 0 Å². The average molecular weight is 341 g/mol. The molecule has 2 aliphatic rings. The van der Waals surface area contributed by atoms with Crippen molar-refractivity contribution in [3.63, 3.8) is 0 Å². The van der Waals surface area contributed by atoms with Gasteiger partial charge in [-0.25, -0.2) is 0 Å². The number of carbonyl (C=O) groups is 3. The van der Waals surface area contributed by atoms with Gasteiger partial charge in [-0.05, 0) is 54.2 Å². The van der Waals surface area contributed by atoms with Gasteiger partial charge in [0.25, 0.3) is 5.91 Å². The normalized spacial score (nSPS) is 20.3. The Kier molecular flexibility index (Phi) is 3.45. The minimum Gasteiger partial charge on any atom is -0.322 e. The number of benzene rings is 1. The highest BCUT2D eigenvalue weighted by Gasteiger charge is 2.39. The van der Waals surface area contributed by atoms with Crippen LogP contribution in [0.1, 0.15) is 34.5 Å². The van der Waals surface area contributed by atoms with Crippen molar-refractivity contribution in [2.75, 3.05) is 0 Å². The van der Waals surface area contributed by atoms with E-state index in [4.69, 9.17) is 0 Å². The fourth-order valence-corrected chi connectivity index (χ4v) is 3.98. The van der Waals surface area contributed by atoms with Crippen molar-refractivity contribution in [2.24, 2.45) is 0 Å². The summed E-state index contributed by atoms with van der Waals surface area (Å²) < 4.78 is 4.29. The molecule has 0 saturated carbocycles. The topological polar surface area (TPSA) is 79.4 Å². The van der Waals surface area contributed by atoms with Gasteiger partial charge in [0.2, 0.25) is 11.8 Å². The first-order chi connectivity index (χ1) is 11.5. The summed E-state index contributed by atoms with van der Waals surface area (Å²) in [5.41, 5.74) is 3.53. The minimum atomic E-state index is -0.573. The Balaban J connectivity index is 1.62. The highest BCUT2D eigenvalue weighted by atomic mass is 32.1. The lowest BCUT2D eigenvalue weighted by Gasteiger charge is -2.29. The summed E-state index contributed by atoms with van der Waals surface area (Å²) in [4.78, 5) is 38.6. The molecule has 1 aromatic carbocycles. The lowest BCUT2D eigenvalue weighted by atomic mass is 10.0. The van der Waals surface area contributed by atoms with Crippen LogP contribution >= 0.6 is 11.5 Å². The first-order valence-electron chi connectivity index (χ1n) is 7.74. The van der Waals surface area contributed by atoms with Crippen molar-refractivity contribution in [2.45, 2.75) is 32.4 Å². The van der Waals surface area contributed by atoms with Gasteiger partial charge >= 0.3 is 0 Å². The van der Waals surface area contributed by atoms with E-state index in [-0.39, 0.29) is 24.1 Å². The number of amides is 3. The molecule has 3 heterocycles. The van der Waals surface area contributed by atoms with Gasteiger partial charge in [0.15, 0.2) is 0 Å². The lowest BCUT2D eigenvalue weighted by molar-refractivity contribution is -0.136. The minimum absolute atomic E-state index is 0.147. The number of fused-ring (bicyclic) bond motifs is 1. The van der Waals surface area contributed by atoms with E-state index in [1.807, 2.05) is 31.2 Å². The lowest BCUT2D eigenvalue weighted by Crippen LogP contribution is -2.52. The number of aromatic nitrogens is 1. The third-order valence-electron chi connectivity index (χ3n) is 4.44. The van der Waals surface area contributed by atoms with Gasteiger partial charge in [-0.2, -0.15) is 4.37 Å². The molecule has 1 unspecified atom stereocenters. The van der Waals surface area contributed by atoms with E-state index in [0.717, 1.165) is 21.7 Å². The molecule has 6 nitrogen and oxygen atoms in total. The Morgan fingerprint density at radius 1 is 1.25 bits per heavy atom. The maximum absolute atomic E-state index is 12.6. The van der Waals surface area contributed by atoms with Gasteiger partial charge in [0.05, 0.1) is 10.6 Å². The van der Waals surface area contributed by atoms with Gasteiger partial charge in [0.1, 0.15) is 6.04 Å². The number of nitrogens with zero attached hydrogens (tertiary/aromatic N) is 2. The summed E-state index contributed by atoms with van der Waals surface area (Å²) in [5, 5.41) is 2.32. The molecular formula is C17H15N3O3S. The quantitative estimate of drug-likeness (QED) is 0.846. The number of piperidine rings is 1. The summed E-state index contributed by atoms with van der Waals surface area (Å²) in [5.74, 6) is -0.805. The molecule has 1 fully saturated rings. The molecule has 0 radical (unpaired) electrons. The number of hydrogen-bond donors (Lipinski definition) is 1. The third kappa shape index (κ3) is 2.41. The van der Waals surface area contributed by atoms with Crippen LogP contribution in [0, 0.1) is 6.92 Å². The second-order valence-corrected chi connectivity index (χ2v) is 6.91. The number of aryl methyl sites for hydroxylation is 1. The van der Waals surface area contributed by atoms with Gasteiger partial charge < -0.3 is 4.90 Å². The molecule has 1 atom stereocenters. The van der Waals surface area contributed by atoms with Crippen molar-refractivity contribution < 1.29 is 14.4 Å². The number of rotatable bonds is 2. The highest BCUT2D eigenvalue weighted by molar-refractivity contribution is 7.09. The second kappa shape index (κ2) is 5.52. The first-order valence-corrected chi connectivity index (χ1v) is 8.51. The Bertz CT molecular complexity index is 874. The zero-order valence-electron chi connectivity index (χ0n) is 13.0. The molecular weight excluding hydrogens is 326 g/mol. The molecule has 7 heteroatoms. The van der Waals surface area contributed by atoms with Crippen LogP contribution < -0.4 is 5.32 Å². The first kappa shape index (κ1) is 15.0. The molecule has 1 N–H and O–H groups in total. The van der Waals surface area contributed by atoms with E-state index in [1.54, 1.807) is 4.90 Å². The Hall–Kier alpha value is -2.54. The fourth-order valence-electron chi connectivity index (χ4n) is 3.23. The molecule has 4 rings (SSSR count). The maximum atomic E-state index is 12.6. The van der Waals surface area contributed by atoms with Crippen molar-refractivity contribution in [3.8, 4) is 10.4 Å². The fraction of sp³-hybridized carbons (Fsp3) is 0.294. The standard InChI is InChI=1S/C17H15N3O3S/c1-9-6-14(24-19-9)10-2-3-12-11(7-10)8-20(17(12)23)13-4-5-15(21)18-16(13)22/h2-3,6-7,13H,4-5,8H2,1H3,(H,18,21,22). The number of hydrogen-bond acceptors (Lipinski definition) is 5. The summed E-state index contributed by atoms with van der Waals surface area (Å²) in [6.45, 7) is 2.34. The molecule has 1 saturated heterocycles. The van der Waals surface area contributed by atoms with E-state index in [1.165, 1.54) is 11.5 Å². The highest BCUT2D eigenvalue weighted by Crippen LogP contribution is 2.32. The molecule has 0 spiro atoms. The van der Waals surface area contributed by atoms with E-state index in [0.29, 0.717) is 18.5 Å². The van der Waals surface area contributed by atoms with Crippen LogP contribution in [-0.4, -0.2) is 33.0 Å². The van der Waals surface area contributed by atoms with E-state index in [9.17, 15) is 14.4 Å². The van der Waals surface area contributed by atoms with Crippen molar-refractivity contribution in [1.29, 1.82) is 0 Å². The zero-order chi connectivity index (χ0) is 16.8. The van der Waals surface area contributed by atoms with Crippen LogP contribution in [0.2, 0.25) is 0 Å². The molecule has 0 aliphatic carbocycles. The summed E-state index contributed by atoms with van der Waals surface area (Å²) in [6.07, 6.45) is 0.646. The predicted molar refractivity (Wildman–Crippen MR) is 88.3 cm³/mol. The van der Waals surface area contributed by atoms with Gasteiger partial charge in [-0.1, -0.05) is 6.07 Å². The molecule has 3 amide bonds. The smallest absolute Gasteiger partial charge is 0.255 e. The number of nitrogens with one attached hydrogen (secondary N) is 1. The van der Waals surface area contributed by atoms with Crippen LogP contribution in [0.3, 0.4) is 0 Å². The monoisotopic (exact) mass is 341 g/mol. The Labute approximate surface area is 142 Å². The van der Waals surface area contributed by atoms with Crippen LogP contribution in [0.15, 0.2) is 24.3 Å². The third-order valence-corrected chi connectivity index (χ3v) is 5.37. The van der Waals surface area contributed by atoms with E-state index >= 15 is 0 Å². The van der Waals surface area contributed by atoms with Crippen molar-refractivity contribution in [1.82, 2.24) is 14.6 Å². The van der Waals surface area contributed by atoms with Crippen LogP contribution in [0.25, 0.3) is 10.4 Å². The van der Waals surface area contributed by atoms with Crippen LogP contribution in [-0.2, 0) is 16.1 Å². The molecule has 2 aliphatic heterocycles. The van der Waals surface area contributed by atoms with Crippen molar-refractivity contribution >= 4 is 29.3 Å². The summed E-state index contributed by atoms with van der Waals surface area (Å²) >= 11 is 1.43. The predicted octanol–water partition coefficient (Wildman–Crippen LogP) is 1.88. The average Bonchev–Trinajstić information content (AvgIpc) is 3.11. The summed E-state index contributed by atoms with van der Waals surface area (Å²) in [6, 6.07) is 7.16. The molecule has 2 aromatic rings. The van der Waals surface area contributed by atoms with Gasteiger partial charge in [0, 0.05) is 18.5 Å². The molecule has 1 aromatic heterocycles. The Morgan fingerprint density at radius 3 is 2.79 bits per heavy atom. The summed E-state index contributed by atoms with van der Waals surface area (Å²) in [7, 11) is 0. The second-order valence-electron chi connectivity index (χ2n) is 6.10. The maximum Gasteiger partial charge on any atom is 0.255 e. The number of imide groups is 1.